The van der Waals surface area contributed by atoms with Gasteiger partial charge >= 0.3 is 0 Å². The lowest BCUT2D eigenvalue weighted by atomic mass is 9.85. The summed E-state index contributed by atoms with van der Waals surface area (Å²) in [7, 11) is 0. The molecule has 5 heteroatoms. The maximum Gasteiger partial charge on any atom is 0.243 e. The first-order valence-electron chi connectivity index (χ1n) is 9.54. The molecule has 146 valence electrons. The van der Waals surface area contributed by atoms with Crippen molar-refractivity contribution in [1.29, 1.82) is 0 Å². The van der Waals surface area contributed by atoms with Crippen LogP contribution >= 0.6 is 11.6 Å². The first-order chi connectivity index (χ1) is 14.1. The third kappa shape index (κ3) is 4.03. The van der Waals surface area contributed by atoms with Gasteiger partial charge < -0.3 is 10.6 Å². The molecule has 1 aliphatic carbocycles. The Bertz CT molecular complexity index is 982. The van der Waals surface area contributed by atoms with E-state index in [0.29, 0.717) is 10.7 Å². The molecule has 0 bridgehead atoms. The molecular formula is C24H21ClN2O2. The summed E-state index contributed by atoms with van der Waals surface area (Å²) in [5.41, 5.74) is 2.51. The topological polar surface area (TPSA) is 58.2 Å². The minimum absolute atomic E-state index is 0.0818. The summed E-state index contributed by atoms with van der Waals surface area (Å²) < 4.78 is 0. The summed E-state index contributed by atoms with van der Waals surface area (Å²) in [6, 6.07) is 27.1. The van der Waals surface area contributed by atoms with Crippen LogP contribution in [0.25, 0.3) is 0 Å². The fraction of sp³-hybridized carbons (Fsp3) is 0.167. The Hall–Kier alpha value is -3.11. The lowest BCUT2D eigenvalue weighted by Gasteiger charge is -2.19. The van der Waals surface area contributed by atoms with Crippen LogP contribution in [0.3, 0.4) is 0 Å². The van der Waals surface area contributed by atoms with E-state index in [9.17, 15) is 9.59 Å². The first kappa shape index (κ1) is 19.2. The normalized spacial score (nSPS) is 16.7. The predicted molar refractivity (Wildman–Crippen MR) is 115 cm³/mol. The molecule has 1 aliphatic rings. The molecule has 1 unspecified atom stereocenters. The van der Waals surface area contributed by atoms with E-state index in [4.69, 9.17) is 11.6 Å². The Morgan fingerprint density at radius 3 is 2.10 bits per heavy atom. The minimum Gasteiger partial charge on any atom is -0.347 e. The van der Waals surface area contributed by atoms with Crippen LogP contribution in [0, 0.1) is 5.92 Å². The quantitative estimate of drug-likeness (QED) is 0.639. The number of carbonyl (C=O) groups is 2. The van der Waals surface area contributed by atoms with Gasteiger partial charge in [0.2, 0.25) is 11.8 Å². The van der Waals surface area contributed by atoms with Gasteiger partial charge in [-0.05, 0) is 35.7 Å². The van der Waals surface area contributed by atoms with E-state index in [1.54, 1.807) is 24.3 Å². The number of hydrogen-bond acceptors (Lipinski definition) is 2. The molecule has 1 atom stereocenters. The van der Waals surface area contributed by atoms with Crippen molar-refractivity contribution in [3.63, 3.8) is 0 Å². The first-order valence-corrected chi connectivity index (χ1v) is 9.91. The molecule has 0 radical (unpaired) electrons. The van der Waals surface area contributed by atoms with Crippen molar-refractivity contribution in [2.24, 2.45) is 5.92 Å². The van der Waals surface area contributed by atoms with Crippen molar-refractivity contribution in [2.45, 2.75) is 11.8 Å². The van der Waals surface area contributed by atoms with Crippen LogP contribution in [0.5, 0.6) is 0 Å². The molecule has 2 N–H and O–H groups in total. The SMILES string of the molecule is O=C(CNC(=O)C1CC1(c1ccccc1)c1ccccc1)Nc1cccc(Cl)c1. The van der Waals surface area contributed by atoms with Gasteiger partial charge in [-0.15, -0.1) is 0 Å². The zero-order chi connectivity index (χ0) is 20.3. The van der Waals surface area contributed by atoms with E-state index < -0.39 is 0 Å². The second-order valence-corrected chi connectivity index (χ2v) is 7.67. The van der Waals surface area contributed by atoms with Crippen molar-refractivity contribution < 1.29 is 9.59 Å². The Balaban J connectivity index is 1.44. The number of benzene rings is 3. The minimum atomic E-state index is -0.337. The molecule has 3 aromatic rings. The van der Waals surface area contributed by atoms with Crippen LogP contribution in [0.4, 0.5) is 5.69 Å². The van der Waals surface area contributed by atoms with Gasteiger partial charge in [0.15, 0.2) is 0 Å². The Kier molecular flexibility index (Phi) is 5.36. The summed E-state index contributed by atoms with van der Waals surface area (Å²) in [5.74, 6) is -0.600. The average molecular weight is 405 g/mol. The number of halogens is 1. The molecule has 2 amide bonds. The largest absolute Gasteiger partial charge is 0.347 e. The van der Waals surface area contributed by atoms with Crippen molar-refractivity contribution in [3.05, 3.63) is 101 Å². The number of rotatable bonds is 6. The van der Waals surface area contributed by atoms with Crippen molar-refractivity contribution in [1.82, 2.24) is 5.32 Å². The van der Waals surface area contributed by atoms with Gasteiger partial charge in [0.1, 0.15) is 0 Å². The summed E-state index contributed by atoms with van der Waals surface area (Å²) in [6.45, 7) is -0.0818. The van der Waals surface area contributed by atoms with Crippen LogP contribution in [0.2, 0.25) is 5.02 Å². The molecule has 4 rings (SSSR count). The van der Waals surface area contributed by atoms with Gasteiger partial charge in [-0.25, -0.2) is 0 Å². The molecule has 0 aliphatic heterocycles. The monoisotopic (exact) mass is 404 g/mol. The number of carbonyl (C=O) groups excluding carboxylic acids is 2. The third-order valence-electron chi connectivity index (χ3n) is 5.39. The van der Waals surface area contributed by atoms with Crippen LogP contribution in [-0.4, -0.2) is 18.4 Å². The number of hydrogen-bond donors (Lipinski definition) is 2. The molecule has 0 saturated heterocycles. The van der Waals surface area contributed by atoms with E-state index in [2.05, 4.69) is 34.9 Å². The lowest BCUT2D eigenvalue weighted by molar-refractivity contribution is -0.125. The summed E-state index contributed by atoms with van der Waals surface area (Å²) in [6.07, 6.45) is 0.725. The molecule has 4 nitrogen and oxygen atoms in total. The van der Waals surface area contributed by atoms with E-state index >= 15 is 0 Å². The van der Waals surface area contributed by atoms with E-state index in [-0.39, 0.29) is 29.7 Å². The zero-order valence-electron chi connectivity index (χ0n) is 15.8. The molecular weight excluding hydrogens is 384 g/mol. The fourth-order valence-electron chi connectivity index (χ4n) is 3.92. The van der Waals surface area contributed by atoms with Crippen LogP contribution in [0.15, 0.2) is 84.9 Å². The van der Waals surface area contributed by atoms with Gasteiger partial charge in [-0.2, -0.15) is 0 Å². The lowest BCUT2D eigenvalue weighted by Crippen LogP contribution is -2.35. The second-order valence-electron chi connectivity index (χ2n) is 7.24. The molecule has 0 spiro atoms. The molecule has 0 heterocycles. The molecule has 3 aromatic carbocycles. The maximum atomic E-state index is 12.9. The highest BCUT2D eigenvalue weighted by Gasteiger charge is 2.60. The van der Waals surface area contributed by atoms with Crippen LogP contribution < -0.4 is 10.6 Å². The summed E-state index contributed by atoms with van der Waals surface area (Å²) in [4.78, 5) is 25.1. The van der Waals surface area contributed by atoms with Crippen LogP contribution in [0.1, 0.15) is 17.5 Å². The molecule has 0 aromatic heterocycles. The average Bonchev–Trinajstić information content (AvgIpc) is 3.51. The summed E-state index contributed by atoms with van der Waals surface area (Å²) >= 11 is 5.93. The standard InChI is InChI=1S/C24H21ClN2O2/c25-19-12-7-13-20(14-19)27-22(28)16-26-23(29)21-15-24(21,17-8-3-1-4-9-17)18-10-5-2-6-11-18/h1-14,21H,15-16H2,(H,26,29)(H,27,28). The summed E-state index contributed by atoms with van der Waals surface area (Å²) in [5, 5.41) is 6.07. The van der Waals surface area contributed by atoms with Gasteiger partial charge in [-0.3, -0.25) is 9.59 Å². The van der Waals surface area contributed by atoms with Crippen LogP contribution in [-0.2, 0) is 15.0 Å². The van der Waals surface area contributed by atoms with Gasteiger partial charge in [0.05, 0.1) is 12.5 Å². The maximum absolute atomic E-state index is 12.9. The fourth-order valence-corrected chi connectivity index (χ4v) is 4.11. The predicted octanol–water partition coefficient (Wildman–Crippen LogP) is 4.40. The zero-order valence-corrected chi connectivity index (χ0v) is 16.5. The highest BCUT2D eigenvalue weighted by molar-refractivity contribution is 6.30. The highest BCUT2D eigenvalue weighted by Crippen LogP contribution is 2.58. The molecule has 1 saturated carbocycles. The van der Waals surface area contributed by atoms with E-state index in [0.717, 1.165) is 17.5 Å². The Morgan fingerprint density at radius 1 is 0.897 bits per heavy atom. The number of amides is 2. The van der Waals surface area contributed by atoms with Crippen molar-refractivity contribution >= 4 is 29.1 Å². The van der Waals surface area contributed by atoms with Gasteiger partial charge in [-0.1, -0.05) is 78.3 Å². The highest BCUT2D eigenvalue weighted by atomic mass is 35.5. The molecule has 1 fully saturated rings. The number of anilines is 1. The van der Waals surface area contributed by atoms with E-state index in [1.165, 1.54) is 0 Å². The smallest absolute Gasteiger partial charge is 0.243 e. The van der Waals surface area contributed by atoms with Gasteiger partial charge in [0.25, 0.3) is 0 Å². The Morgan fingerprint density at radius 2 is 1.52 bits per heavy atom. The third-order valence-corrected chi connectivity index (χ3v) is 5.62. The second kappa shape index (κ2) is 8.10. The van der Waals surface area contributed by atoms with Crippen molar-refractivity contribution in [3.8, 4) is 0 Å². The van der Waals surface area contributed by atoms with E-state index in [1.807, 2.05) is 36.4 Å². The number of nitrogens with one attached hydrogen (secondary N) is 2. The van der Waals surface area contributed by atoms with Crippen molar-refractivity contribution in [2.75, 3.05) is 11.9 Å². The molecule has 29 heavy (non-hydrogen) atoms. The Labute approximate surface area is 174 Å². The van der Waals surface area contributed by atoms with Gasteiger partial charge in [0, 0.05) is 16.1 Å².